The normalized spacial score (nSPS) is 16.7. The average Bonchev–Trinajstić information content (AvgIpc) is 3.17. The van der Waals surface area contributed by atoms with E-state index in [1.165, 1.54) is 12.8 Å². The van der Waals surface area contributed by atoms with Crippen molar-refractivity contribution in [2.75, 3.05) is 26.2 Å². The molecular formula is C19H27N3O2. The highest BCUT2D eigenvalue weighted by Crippen LogP contribution is 2.27. The summed E-state index contributed by atoms with van der Waals surface area (Å²) >= 11 is 0. The fourth-order valence-electron chi connectivity index (χ4n) is 3.65. The maximum atomic E-state index is 12.5. The van der Waals surface area contributed by atoms with E-state index in [4.69, 9.17) is 0 Å². The van der Waals surface area contributed by atoms with Gasteiger partial charge in [-0.2, -0.15) is 0 Å². The van der Waals surface area contributed by atoms with E-state index in [-0.39, 0.29) is 12.5 Å². The van der Waals surface area contributed by atoms with E-state index in [9.17, 15) is 9.90 Å². The lowest BCUT2D eigenvalue weighted by Gasteiger charge is -2.19. The summed E-state index contributed by atoms with van der Waals surface area (Å²) in [4.78, 5) is 18.0. The molecule has 0 unspecified atom stereocenters. The number of carbonyl (C=O) groups is 1. The summed E-state index contributed by atoms with van der Waals surface area (Å²) in [5, 5.41) is 14.1. The SMILES string of the molecule is Cc1ccc(C)c2c(C)c(C(=O)NC[C@H](O)CN3CCCC3)[nH]c12. The zero-order valence-electron chi connectivity index (χ0n) is 14.8. The molecule has 0 saturated carbocycles. The van der Waals surface area contributed by atoms with Crippen LogP contribution in [-0.2, 0) is 0 Å². The van der Waals surface area contributed by atoms with Crippen LogP contribution in [0.5, 0.6) is 0 Å². The van der Waals surface area contributed by atoms with Crippen LogP contribution in [0, 0.1) is 20.8 Å². The highest BCUT2D eigenvalue weighted by atomic mass is 16.3. The van der Waals surface area contributed by atoms with Gasteiger partial charge in [0.05, 0.1) is 6.10 Å². The molecule has 0 bridgehead atoms. The Balaban J connectivity index is 1.69. The third-order valence-electron chi connectivity index (χ3n) is 5.01. The maximum Gasteiger partial charge on any atom is 0.268 e. The number of β-amino-alcohol motifs (C(OH)–C–C–N with tert-alkyl or cyclic N) is 1. The quantitative estimate of drug-likeness (QED) is 0.788. The Labute approximate surface area is 143 Å². The van der Waals surface area contributed by atoms with Crippen molar-refractivity contribution in [3.05, 3.63) is 34.5 Å². The predicted octanol–water partition coefficient (Wildman–Crippen LogP) is 2.28. The van der Waals surface area contributed by atoms with E-state index in [1.807, 2.05) is 13.8 Å². The minimum absolute atomic E-state index is 0.150. The lowest BCUT2D eigenvalue weighted by molar-refractivity contribution is 0.0875. The van der Waals surface area contributed by atoms with Gasteiger partial charge in [0.25, 0.3) is 5.91 Å². The molecule has 1 aliphatic rings. The Bertz CT molecular complexity index is 745. The number of carbonyl (C=O) groups excluding carboxylic acids is 1. The topological polar surface area (TPSA) is 68.4 Å². The molecule has 3 N–H and O–H groups in total. The number of likely N-dealkylation sites (tertiary alicyclic amines) is 1. The van der Waals surface area contributed by atoms with Crippen molar-refractivity contribution in [1.29, 1.82) is 0 Å². The van der Waals surface area contributed by atoms with E-state index < -0.39 is 6.10 Å². The zero-order chi connectivity index (χ0) is 17.3. The first-order valence-electron chi connectivity index (χ1n) is 8.74. The van der Waals surface area contributed by atoms with E-state index in [0.29, 0.717) is 12.2 Å². The molecule has 24 heavy (non-hydrogen) atoms. The van der Waals surface area contributed by atoms with Crippen molar-refractivity contribution in [2.45, 2.75) is 39.7 Å². The van der Waals surface area contributed by atoms with Gasteiger partial charge >= 0.3 is 0 Å². The fourth-order valence-corrected chi connectivity index (χ4v) is 3.65. The van der Waals surface area contributed by atoms with Gasteiger partial charge in [0.15, 0.2) is 0 Å². The van der Waals surface area contributed by atoms with Crippen LogP contribution in [0.4, 0.5) is 0 Å². The number of fused-ring (bicyclic) bond motifs is 1. The highest BCUT2D eigenvalue weighted by Gasteiger charge is 2.19. The standard InChI is InChI=1S/C19H27N3O2/c1-12-6-7-13(2)17-16(12)14(3)18(21-17)19(24)20-10-15(23)11-22-8-4-5-9-22/h6-7,15,21,23H,4-5,8-11H2,1-3H3,(H,20,24)/t15-/m0/s1. The van der Waals surface area contributed by atoms with Crippen LogP contribution in [0.2, 0.25) is 0 Å². The minimum atomic E-state index is -0.528. The Hall–Kier alpha value is -1.85. The second-order valence-corrected chi connectivity index (χ2v) is 6.95. The smallest absolute Gasteiger partial charge is 0.268 e. The third-order valence-corrected chi connectivity index (χ3v) is 5.01. The fraction of sp³-hybridized carbons (Fsp3) is 0.526. The van der Waals surface area contributed by atoms with E-state index in [0.717, 1.165) is 40.7 Å². The highest BCUT2D eigenvalue weighted by molar-refractivity contribution is 6.02. The van der Waals surface area contributed by atoms with Crippen LogP contribution in [0.3, 0.4) is 0 Å². The first-order valence-corrected chi connectivity index (χ1v) is 8.74. The Morgan fingerprint density at radius 2 is 1.92 bits per heavy atom. The van der Waals surface area contributed by atoms with Crippen LogP contribution < -0.4 is 5.32 Å². The average molecular weight is 329 g/mol. The first kappa shape index (κ1) is 17.0. The van der Waals surface area contributed by atoms with E-state index in [1.54, 1.807) is 0 Å². The second kappa shape index (κ2) is 6.95. The van der Waals surface area contributed by atoms with Crippen molar-refractivity contribution >= 4 is 16.8 Å². The summed E-state index contributed by atoms with van der Waals surface area (Å²) in [6.07, 6.45) is 1.87. The molecule has 1 aromatic carbocycles. The molecule has 2 heterocycles. The number of aliphatic hydroxyl groups is 1. The Kier molecular flexibility index (Phi) is 4.92. The first-order chi connectivity index (χ1) is 11.5. The van der Waals surface area contributed by atoms with Crippen LogP contribution in [0.15, 0.2) is 12.1 Å². The summed E-state index contributed by atoms with van der Waals surface area (Å²) < 4.78 is 0. The molecule has 1 amide bonds. The summed E-state index contributed by atoms with van der Waals surface area (Å²) in [5.41, 5.74) is 4.88. The van der Waals surface area contributed by atoms with Crippen LogP contribution in [0.1, 0.15) is 40.0 Å². The van der Waals surface area contributed by atoms with Gasteiger partial charge in [-0.15, -0.1) is 0 Å². The lowest BCUT2D eigenvalue weighted by atomic mass is 10.0. The monoisotopic (exact) mass is 329 g/mol. The molecule has 1 fully saturated rings. The van der Waals surface area contributed by atoms with Crippen molar-refractivity contribution in [3.63, 3.8) is 0 Å². The van der Waals surface area contributed by atoms with Crippen molar-refractivity contribution in [2.24, 2.45) is 0 Å². The van der Waals surface area contributed by atoms with Gasteiger partial charge in [0.1, 0.15) is 5.69 Å². The number of amides is 1. The van der Waals surface area contributed by atoms with Crippen LogP contribution >= 0.6 is 0 Å². The molecule has 0 spiro atoms. The summed E-state index contributed by atoms with van der Waals surface area (Å²) in [7, 11) is 0. The molecule has 5 heteroatoms. The number of H-pyrrole nitrogens is 1. The van der Waals surface area contributed by atoms with Gasteiger partial charge < -0.3 is 20.3 Å². The van der Waals surface area contributed by atoms with Gasteiger partial charge in [0, 0.05) is 24.0 Å². The number of nitrogens with one attached hydrogen (secondary N) is 2. The molecule has 130 valence electrons. The number of aromatic nitrogens is 1. The molecule has 0 radical (unpaired) electrons. The Morgan fingerprint density at radius 3 is 2.58 bits per heavy atom. The van der Waals surface area contributed by atoms with Gasteiger partial charge in [-0.3, -0.25) is 4.79 Å². The molecule has 2 aromatic rings. The van der Waals surface area contributed by atoms with E-state index in [2.05, 4.69) is 34.3 Å². The molecule has 1 saturated heterocycles. The summed E-state index contributed by atoms with van der Waals surface area (Å²) in [6, 6.07) is 4.15. The van der Waals surface area contributed by atoms with Crippen molar-refractivity contribution in [3.8, 4) is 0 Å². The molecule has 1 aliphatic heterocycles. The van der Waals surface area contributed by atoms with Gasteiger partial charge in [0.2, 0.25) is 0 Å². The number of benzene rings is 1. The minimum Gasteiger partial charge on any atom is -0.390 e. The van der Waals surface area contributed by atoms with Crippen LogP contribution in [0.25, 0.3) is 10.9 Å². The van der Waals surface area contributed by atoms with Crippen molar-refractivity contribution in [1.82, 2.24) is 15.2 Å². The second-order valence-electron chi connectivity index (χ2n) is 6.95. The number of aryl methyl sites for hydroxylation is 3. The summed E-state index contributed by atoms with van der Waals surface area (Å²) in [5.74, 6) is -0.150. The molecule has 3 rings (SSSR count). The maximum absolute atomic E-state index is 12.5. The lowest BCUT2D eigenvalue weighted by Crippen LogP contribution is -2.39. The number of hydrogen-bond donors (Lipinski definition) is 3. The Morgan fingerprint density at radius 1 is 1.25 bits per heavy atom. The van der Waals surface area contributed by atoms with Crippen LogP contribution in [-0.4, -0.2) is 53.2 Å². The molecule has 0 aliphatic carbocycles. The molecule has 5 nitrogen and oxygen atoms in total. The molecule has 1 aromatic heterocycles. The number of aromatic amines is 1. The summed E-state index contributed by atoms with van der Waals surface area (Å²) in [6.45, 7) is 9.08. The predicted molar refractivity (Wildman–Crippen MR) is 96.5 cm³/mol. The van der Waals surface area contributed by atoms with Gasteiger partial charge in [-0.25, -0.2) is 0 Å². The van der Waals surface area contributed by atoms with Gasteiger partial charge in [-0.05, 0) is 63.4 Å². The molecular weight excluding hydrogens is 302 g/mol. The number of nitrogens with zero attached hydrogens (tertiary/aromatic N) is 1. The van der Waals surface area contributed by atoms with E-state index >= 15 is 0 Å². The zero-order valence-corrected chi connectivity index (χ0v) is 14.8. The molecule has 1 atom stereocenters. The number of rotatable bonds is 5. The number of hydrogen-bond acceptors (Lipinski definition) is 3. The van der Waals surface area contributed by atoms with Crippen molar-refractivity contribution < 1.29 is 9.90 Å². The van der Waals surface area contributed by atoms with Gasteiger partial charge in [-0.1, -0.05) is 12.1 Å². The number of aliphatic hydroxyl groups excluding tert-OH is 1. The third kappa shape index (κ3) is 3.32. The largest absolute Gasteiger partial charge is 0.390 e.